The van der Waals surface area contributed by atoms with Gasteiger partial charge in [0.25, 0.3) is 0 Å². The van der Waals surface area contributed by atoms with Crippen LogP contribution in [0.25, 0.3) is 0 Å². The predicted octanol–water partition coefficient (Wildman–Crippen LogP) is 21.3. The quantitative estimate of drug-likeness (QED) is 0.106. The van der Waals surface area contributed by atoms with Crippen LogP contribution in [0.2, 0.25) is 0 Å². The maximum atomic E-state index is 12.6. The maximum Gasteiger partial charge on any atom is 0.347 e. The van der Waals surface area contributed by atoms with Gasteiger partial charge in [-0.25, -0.2) is 4.79 Å². The number of esters is 7. The van der Waals surface area contributed by atoms with Crippen LogP contribution in [-0.2, 0) is 66.7 Å². The molecule has 0 radical (unpaired) electrons. The van der Waals surface area contributed by atoms with Crippen molar-refractivity contribution < 1.29 is 71.8 Å². The second-order valence-electron chi connectivity index (χ2n) is 32.6. The Morgan fingerprint density at radius 2 is 0.887 bits per heavy atom. The van der Waals surface area contributed by atoms with Crippen molar-refractivity contribution in [2.24, 2.45) is 80.3 Å². The van der Waals surface area contributed by atoms with Gasteiger partial charge in [-0.3, -0.25) is 28.8 Å². The van der Waals surface area contributed by atoms with Gasteiger partial charge >= 0.3 is 41.8 Å². The first-order valence-electron chi connectivity index (χ1n) is 34.8. The third kappa shape index (κ3) is 22.1. The van der Waals surface area contributed by atoms with Crippen molar-refractivity contribution in [1.29, 1.82) is 0 Å². The molecule has 13 fully saturated rings. The average molecular weight is 1380 g/mol. The number of hydrogen-bond donors (Lipinski definition) is 1. The number of fused-ring (bicyclic) bond motifs is 1. The smallest absolute Gasteiger partial charge is 0.347 e. The Morgan fingerprint density at radius 1 is 0.474 bits per heavy atom. The lowest BCUT2D eigenvalue weighted by Gasteiger charge is -2.60. The van der Waals surface area contributed by atoms with E-state index in [1.807, 2.05) is 83.1 Å². The summed E-state index contributed by atoms with van der Waals surface area (Å²) >= 11 is 0. The first-order valence-corrected chi connectivity index (χ1v) is 34.8. The van der Waals surface area contributed by atoms with E-state index in [1.165, 1.54) is 57.8 Å². The fourth-order valence-electron chi connectivity index (χ4n) is 16.7. The summed E-state index contributed by atoms with van der Waals surface area (Å²) in [5.41, 5.74) is -3.25. The Morgan fingerprint density at radius 3 is 1.29 bits per heavy atom. The van der Waals surface area contributed by atoms with E-state index in [9.17, 15) is 38.7 Å². The summed E-state index contributed by atoms with van der Waals surface area (Å²) in [5.74, 6) is 3.89. The molecule has 15 heteroatoms. The number of aliphatic hydroxyl groups is 1. The second kappa shape index (κ2) is 38.5. The van der Waals surface area contributed by atoms with Crippen LogP contribution in [0.1, 0.15) is 359 Å². The van der Waals surface area contributed by atoms with Gasteiger partial charge in [0.15, 0.2) is 0 Å². The molecule has 13 rings (SSSR count). The molecule has 0 spiro atoms. The van der Waals surface area contributed by atoms with Crippen LogP contribution < -0.4 is 0 Å². The van der Waals surface area contributed by atoms with Crippen molar-refractivity contribution in [2.45, 2.75) is 400 Å². The van der Waals surface area contributed by atoms with Crippen LogP contribution in [0.3, 0.4) is 0 Å². The topological polar surface area (TPSA) is 204 Å². The lowest BCUT2D eigenvalue weighted by molar-refractivity contribution is -0.225. The minimum absolute atomic E-state index is 0. The van der Waals surface area contributed by atoms with Crippen LogP contribution in [0.4, 0.5) is 0 Å². The molecule has 0 aromatic rings. The lowest BCUT2D eigenvalue weighted by Crippen LogP contribution is -2.61. The summed E-state index contributed by atoms with van der Waals surface area (Å²) in [6, 6.07) is 0. The fourth-order valence-corrected chi connectivity index (χ4v) is 16.7. The number of cyclic esters (lactones) is 1. The summed E-state index contributed by atoms with van der Waals surface area (Å²) in [6.45, 7) is 34.0. The highest BCUT2D eigenvalue weighted by Gasteiger charge is 2.64. The van der Waals surface area contributed by atoms with Gasteiger partial charge in [0.1, 0.15) is 29.0 Å². The summed E-state index contributed by atoms with van der Waals surface area (Å²) in [5, 5.41) is 10.6. The number of carbonyl (C=O) groups is 7. The summed E-state index contributed by atoms with van der Waals surface area (Å²) in [4.78, 5) is 83.4. The van der Waals surface area contributed by atoms with E-state index in [0.717, 1.165) is 102 Å². The minimum Gasteiger partial charge on any atom is -0.463 e. The average Bonchev–Trinajstić information content (AvgIpc) is 1.42. The number of ether oxygens (including phenoxy) is 7. The molecule has 8 unspecified atom stereocenters. The molecule has 10 bridgehead atoms. The molecule has 11 aliphatic carbocycles. The van der Waals surface area contributed by atoms with Gasteiger partial charge in [0.05, 0.1) is 45.2 Å². The molecule has 2 heterocycles. The zero-order valence-corrected chi connectivity index (χ0v) is 57.2. The molecule has 0 aromatic heterocycles. The molecular weight excluding hydrogens is 1220 g/mol. The van der Waals surface area contributed by atoms with E-state index < -0.39 is 33.9 Å². The Hall–Kier alpha value is -3.75. The third-order valence-electron chi connectivity index (χ3n) is 24.3. The molecule has 8 atom stereocenters. The molecule has 576 valence electrons. The SMILES string of the molecule is C.C.C.C.C.C.C.C.C.C.CCC(C)(C)C(=O)OC1(CC)C2CC3CC(C2)CC1C3.CCC(C)(C)C(=O)OC12CC3CC(CC(O)(C3)C1)C2.CCC(C)(C)C(=O)OC1C2CC3C(=O)OC1C3C2.CCC(C)(C)C(=O)OC1CCOC1=O.CCC1(OC(=O)C(C)(C)CC)CCCCC1. The zero-order chi connectivity index (χ0) is 64.5. The Kier molecular flexibility index (Phi) is 39.5. The van der Waals surface area contributed by atoms with Gasteiger partial charge in [-0.05, 0) is 252 Å². The van der Waals surface area contributed by atoms with E-state index in [0.29, 0.717) is 61.4 Å². The molecule has 13 aliphatic rings. The first-order chi connectivity index (χ1) is 40.5. The monoisotopic (exact) mass is 1380 g/mol. The van der Waals surface area contributed by atoms with E-state index in [1.54, 1.807) is 13.8 Å². The summed E-state index contributed by atoms with van der Waals surface area (Å²) in [6.07, 6.45) is 25.2. The van der Waals surface area contributed by atoms with Crippen LogP contribution >= 0.6 is 0 Å². The highest BCUT2D eigenvalue weighted by molar-refractivity contribution is 5.83. The number of hydrogen-bond acceptors (Lipinski definition) is 15. The Labute approximate surface area is 597 Å². The Balaban J connectivity index is -0.000000546. The molecule has 11 saturated carbocycles. The van der Waals surface area contributed by atoms with Gasteiger partial charge in [0, 0.05) is 24.7 Å². The number of carbonyl (C=O) groups excluding carboxylic acids is 7. The minimum atomic E-state index is -0.687. The molecule has 2 aliphatic heterocycles. The predicted molar refractivity (Wildman–Crippen MR) is 399 cm³/mol. The van der Waals surface area contributed by atoms with Crippen LogP contribution in [0.5, 0.6) is 0 Å². The molecule has 97 heavy (non-hydrogen) atoms. The van der Waals surface area contributed by atoms with Gasteiger partial charge in [-0.15, -0.1) is 0 Å². The van der Waals surface area contributed by atoms with E-state index in [-0.39, 0.29) is 156 Å². The van der Waals surface area contributed by atoms with Crippen molar-refractivity contribution in [1.82, 2.24) is 0 Å². The molecular formula is C82H158O15. The van der Waals surface area contributed by atoms with Crippen molar-refractivity contribution >= 4 is 41.8 Å². The third-order valence-corrected chi connectivity index (χ3v) is 24.3. The van der Waals surface area contributed by atoms with Gasteiger partial charge in [-0.1, -0.05) is 129 Å². The van der Waals surface area contributed by atoms with Gasteiger partial charge in [-0.2, -0.15) is 0 Å². The van der Waals surface area contributed by atoms with E-state index in [4.69, 9.17) is 33.2 Å². The van der Waals surface area contributed by atoms with Crippen molar-refractivity contribution in [3.8, 4) is 0 Å². The largest absolute Gasteiger partial charge is 0.463 e. The fraction of sp³-hybridized carbons (Fsp3) is 0.915. The second-order valence-corrected chi connectivity index (χ2v) is 32.6. The molecule has 0 aromatic carbocycles. The summed E-state index contributed by atoms with van der Waals surface area (Å²) in [7, 11) is 0. The van der Waals surface area contributed by atoms with Crippen molar-refractivity contribution in [3.63, 3.8) is 0 Å². The molecule has 15 nitrogen and oxygen atoms in total. The van der Waals surface area contributed by atoms with E-state index in [2.05, 4.69) is 20.8 Å². The standard InChI is InChI=1S/C18H30O2.C16H26O3.C14H20O4.C14H26O2.C10H16O4.10CH4/c1-5-17(3,4)16(19)20-18(6-2)14-8-12-7-13(10-14)11-15(18)9-12;1-4-14(2,3)13(17)19-16-8-11-5-12(9-16)7-15(18,6-11)10-16;1-4-14(2,3)13(16)18-10-7-5-8-9(6-7)12(15)17-11(8)10;1-5-13(3,4)12(15)16-14(6-2)10-8-7-9-11-14;1-4-10(2,3)9(12)14-7-5-6-13-8(7)11;;;;;;;;;;/h12-15H,5-11H2,1-4H3;11-12,18H,4-10H2,1-3H3;7-11H,4-6H2,1-3H3;5-11H2,1-4H3;7H,4-6H2,1-3H3;10*1H4. The van der Waals surface area contributed by atoms with Gasteiger partial charge in [0.2, 0.25) is 6.10 Å². The van der Waals surface area contributed by atoms with Crippen LogP contribution in [0, 0.1) is 80.3 Å². The highest BCUT2D eigenvalue weighted by atomic mass is 16.6. The maximum absolute atomic E-state index is 12.6. The van der Waals surface area contributed by atoms with Crippen LogP contribution in [-0.4, -0.2) is 94.2 Å². The van der Waals surface area contributed by atoms with Gasteiger partial charge < -0.3 is 38.3 Å². The lowest BCUT2D eigenvalue weighted by atomic mass is 9.49. The first kappa shape index (κ1) is 99.6. The van der Waals surface area contributed by atoms with E-state index >= 15 is 0 Å². The molecule has 2 saturated heterocycles. The normalized spacial score (nSPS) is 31.7. The zero-order valence-electron chi connectivity index (χ0n) is 57.2. The Bertz CT molecular complexity index is 2400. The molecule has 0 amide bonds. The highest BCUT2D eigenvalue weighted by Crippen LogP contribution is 2.62. The van der Waals surface area contributed by atoms with Crippen LogP contribution in [0.15, 0.2) is 0 Å². The van der Waals surface area contributed by atoms with Crippen molar-refractivity contribution in [2.75, 3.05) is 6.61 Å². The molecule has 1 N–H and O–H groups in total. The number of rotatable bonds is 17. The summed E-state index contributed by atoms with van der Waals surface area (Å²) < 4.78 is 38.9. The van der Waals surface area contributed by atoms with Crippen molar-refractivity contribution in [3.05, 3.63) is 0 Å².